The molecule has 1 aliphatic heterocycles. The third-order valence-electron chi connectivity index (χ3n) is 6.02. The van der Waals surface area contributed by atoms with E-state index in [0.717, 1.165) is 0 Å². The fourth-order valence-electron chi connectivity index (χ4n) is 4.33. The normalized spacial score (nSPS) is 23.0. The lowest BCUT2D eigenvalue weighted by Gasteiger charge is -2.21. The van der Waals surface area contributed by atoms with Crippen LogP contribution in [0.4, 0.5) is 10.6 Å². The number of anilines is 1. The number of aliphatic hydroxyl groups is 1. The molecule has 2 unspecified atom stereocenters. The SMILES string of the molecule is CN=CC(=CN)c1cc(Oc2ccc(NC(=O)N3CCC4(CCC(O)C4)C3=O)nc2)ccn1. The number of pyridine rings is 2. The van der Waals surface area contributed by atoms with E-state index in [0.29, 0.717) is 60.8 Å². The molecule has 10 heteroatoms. The third-order valence-corrected chi connectivity index (χ3v) is 6.02. The van der Waals surface area contributed by atoms with Crippen molar-refractivity contribution in [2.24, 2.45) is 16.1 Å². The van der Waals surface area contributed by atoms with E-state index in [4.69, 9.17) is 10.5 Å². The first-order chi connectivity index (χ1) is 15.9. The summed E-state index contributed by atoms with van der Waals surface area (Å²) in [5.41, 5.74) is 6.29. The number of nitrogens with one attached hydrogen (secondary N) is 1. The number of carbonyl (C=O) groups excluding carboxylic acids is 2. The fraction of sp³-hybridized carbons (Fsp3) is 0.348. The minimum atomic E-state index is -0.604. The van der Waals surface area contributed by atoms with Gasteiger partial charge in [-0.1, -0.05) is 0 Å². The summed E-state index contributed by atoms with van der Waals surface area (Å²) in [7, 11) is 1.65. The molecular weight excluding hydrogens is 424 g/mol. The van der Waals surface area contributed by atoms with Crippen LogP contribution in [0.15, 0.2) is 47.9 Å². The Bertz CT molecular complexity index is 1100. The Morgan fingerprint density at radius 1 is 1.33 bits per heavy atom. The van der Waals surface area contributed by atoms with Gasteiger partial charge in [0.1, 0.15) is 17.3 Å². The summed E-state index contributed by atoms with van der Waals surface area (Å²) in [6.45, 7) is 0.338. The van der Waals surface area contributed by atoms with Crippen molar-refractivity contribution in [3.8, 4) is 11.5 Å². The molecule has 33 heavy (non-hydrogen) atoms. The molecule has 4 rings (SSSR count). The van der Waals surface area contributed by atoms with Gasteiger partial charge in [-0.2, -0.15) is 0 Å². The number of aliphatic hydroxyl groups excluding tert-OH is 1. The topological polar surface area (TPSA) is 143 Å². The summed E-state index contributed by atoms with van der Waals surface area (Å²) in [4.78, 5) is 39.1. The molecule has 0 aromatic carbocycles. The number of aromatic nitrogens is 2. The van der Waals surface area contributed by atoms with Crippen molar-refractivity contribution in [1.29, 1.82) is 0 Å². The van der Waals surface area contributed by atoms with Crippen LogP contribution in [0.2, 0.25) is 0 Å². The molecule has 2 aromatic heterocycles. The summed E-state index contributed by atoms with van der Waals surface area (Å²) in [6, 6.07) is 6.17. The van der Waals surface area contributed by atoms with Crippen molar-refractivity contribution < 1.29 is 19.4 Å². The zero-order valence-electron chi connectivity index (χ0n) is 18.3. The van der Waals surface area contributed by atoms with Crippen LogP contribution < -0.4 is 15.8 Å². The van der Waals surface area contributed by atoms with Crippen LogP contribution in [0.3, 0.4) is 0 Å². The van der Waals surface area contributed by atoms with E-state index in [1.165, 1.54) is 17.3 Å². The third kappa shape index (κ3) is 4.70. The molecule has 1 saturated carbocycles. The highest BCUT2D eigenvalue weighted by molar-refractivity contribution is 6.08. The highest BCUT2D eigenvalue weighted by Crippen LogP contribution is 2.46. The fourth-order valence-corrected chi connectivity index (χ4v) is 4.33. The second kappa shape index (κ2) is 9.37. The van der Waals surface area contributed by atoms with Crippen molar-refractivity contribution >= 4 is 29.5 Å². The zero-order chi connectivity index (χ0) is 23.4. The van der Waals surface area contributed by atoms with Gasteiger partial charge in [-0.05, 0) is 43.9 Å². The van der Waals surface area contributed by atoms with Gasteiger partial charge in [0.05, 0.1) is 23.4 Å². The Balaban J connectivity index is 1.38. The lowest BCUT2D eigenvalue weighted by Crippen LogP contribution is -2.40. The number of carbonyl (C=O) groups is 2. The molecule has 3 amide bonds. The van der Waals surface area contributed by atoms with E-state index in [9.17, 15) is 14.7 Å². The zero-order valence-corrected chi connectivity index (χ0v) is 18.3. The minimum Gasteiger partial charge on any atom is -0.456 e. The lowest BCUT2D eigenvalue weighted by atomic mass is 9.84. The van der Waals surface area contributed by atoms with Gasteiger partial charge in [-0.3, -0.25) is 25.0 Å². The van der Waals surface area contributed by atoms with Gasteiger partial charge in [0, 0.05) is 43.8 Å². The van der Waals surface area contributed by atoms with Crippen LogP contribution in [0.5, 0.6) is 11.5 Å². The van der Waals surface area contributed by atoms with Crippen LogP contribution in [0.25, 0.3) is 5.57 Å². The number of nitrogens with two attached hydrogens (primary N) is 1. The predicted molar refractivity (Wildman–Crippen MR) is 123 cm³/mol. The molecule has 3 heterocycles. The molecule has 2 atom stereocenters. The molecule has 172 valence electrons. The monoisotopic (exact) mass is 450 g/mol. The van der Waals surface area contributed by atoms with Crippen molar-refractivity contribution in [2.75, 3.05) is 18.9 Å². The molecule has 1 saturated heterocycles. The molecule has 1 aliphatic carbocycles. The number of ether oxygens (including phenoxy) is 1. The van der Waals surface area contributed by atoms with Crippen LogP contribution in [0, 0.1) is 5.41 Å². The van der Waals surface area contributed by atoms with Gasteiger partial charge in [0.15, 0.2) is 0 Å². The number of nitrogens with zero attached hydrogens (tertiary/aromatic N) is 4. The smallest absolute Gasteiger partial charge is 0.329 e. The molecule has 0 bridgehead atoms. The highest BCUT2D eigenvalue weighted by atomic mass is 16.5. The van der Waals surface area contributed by atoms with Gasteiger partial charge in [-0.25, -0.2) is 9.78 Å². The molecule has 10 nitrogen and oxygen atoms in total. The summed E-state index contributed by atoms with van der Waals surface area (Å²) in [5.74, 6) is 1.08. The van der Waals surface area contributed by atoms with Gasteiger partial charge in [0.25, 0.3) is 0 Å². The summed E-state index contributed by atoms with van der Waals surface area (Å²) >= 11 is 0. The molecule has 0 radical (unpaired) electrons. The Labute approximate surface area is 191 Å². The molecule has 1 spiro atoms. The van der Waals surface area contributed by atoms with E-state index >= 15 is 0 Å². The highest BCUT2D eigenvalue weighted by Gasteiger charge is 2.52. The van der Waals surface area contributed by atoms with E-state index < -0.39 is 17.6 Å². The first-order valence-electron chi connectivity index (χ1n) is 10.7. The summed E-state index contributed by atoms with van der Waals surface area (Å²) in [6.07, 6.45) is 7.84. The average Bonchev–Trinajstić information content (AvgIpc) is 3.35. The Hall–Kier alpha value is -3.79. The quantitative estimate of drug-likeness (QED) is 0.594. The van der Waals surface area contributed by atoms with Gasteiger partial charge < -0.3 is 15.6 Å². The largest absolute Gasteiger partial charge is 0.456 e. The van der Waals surface area contributed by atoms with E-state index in [-0.39, 0.29) is 5.91 Å². The maximum Gasteiger partial charge on any atom is 0.329 e. The Kier molecular flexibility index (Phi) is 6.36. The van der Waals surface area contributed by atoms with Crippen LogP contribution in [-0.2, 0) is 4.79 Å². The molecular formula is C23H26N6O4. The first-order valence-corrected chi connectivity index (χ1v) is 10.7. The summed E-state index contributed by atoms with van der Waals surface area (Å²) in [5, 5.41) is 12.5. The number of imide groups is 1. The number of hydrogen-bond acceptors (Lipinski definition) is 8. The van der Waals surface area contributed by atoms with Gasteiger partial charge in [-0.15, -0.1) is 0 Å². The number of urea groups is 1. The lowest BCUT2D eigenvalue weighted by molar-refractivity contribution is -0.133. The second-order valence-electron chi connectivity index (χ2n) is 8.18. The number of allylic oxidation sites excluding steroid dienone is 1. The van der Waals surface area contributed by atoms with Crippen LogP contribution in [-0.4, -0.2) is 57.8 Å². The molecule has 2 fully saturated rings. The maximum absolute atomic E-state index is 12.8. The van der Waals surface area contributed by atoms with E-state index in [1.807, 2.05) is 0 Å². The summed E-state index contributed by atoms with van der Waals surface area (Å²) < 4.78 is 5.83. The van der Waals surface area contributed by atoms with Crippen molar-refractivity contribution in [3.63, 3.8) is 0 Å². The molecule has 4 N–H and O–H groups in total. The number of amides is 3. The van der Waals surface area contributed by atoms with Gasteiger partial charge >= 0.3 is 6.03 Å². The van der Waals surface area contributed by atoms with Crippen molar-refractivity contribution in [1.82, 2.24) is 14.9 Å². The number of hydrogen-bond donors (Lipinski definition) is 3. The van der Waals surface area contributed by atoms with Crippen molar-refractivity contribution in [2.45, 2.75) is 31.8 Å². The molecule has 2 aliphatic rings. The van der Waals surface area contributed by atoms with Crippen LogP contribution >= 0.6 is 0 Å². The van der Waals surface area contributed by atoms with E-state index in [1.54, 1.807) is 43.7 Å². The average molecular weight is 450 g/mol. The maximum atomic E-state index is 12.8. The number of rotatable bonds is 5. The van der Waals surface area contributed by atoms with Crippen molar-refractivity contribution in [3.05, 3.63) is 48.6 Å². The Morgan fingerprint density at radius 3 is 2.85 bits per heavy atom. The minimum absolute atomic E-state index is 0.219. The number of aliphatic imine (C=N–C) groups is 1. The second-order valence-corrected chi connectivity index (χ2v) is 8.18. The Morgan fingerprint density at radius 2 is 2.18 bits per heavy atom. The van der Waals surface area contributed by atoms with E-state index in [2.05, 4.69) is 20.3 Å². The first kappa shape index (κ1) is 22.4. The van der Waals surface area contributed by atoms with Gasteiger partial charge in [0.2, 0.25) is 5.91 Å². The predicted octanol–water partition coefficient (Wildman–Crippen LogP) is 2.56. The van der Waals surface area contributed by atoms with Crippen LogP contribution in [0.1, 0.15) is 31.4 Å². The molecule has 2 aromatic rings. The standard InChI is InChI=1S/C23H26N6O4/c1-25-13-15(12-24)19-10-17(5-8-26-19)33-18-2-3-20(27-14-18)28-22(32)29-9-7-23(21(29)31)6-4-16(30)11-23/h2-3,5,8,10,12-14,16,30H,4,6-7,9,11,24H2,1H3,(H,27,28,32). The number of likely N-dealkylation sites (tertiary alicyclic amines) is 1.